The van der Waals surface area contributed by atoms with E-state index in [0.717, 1.165) is 41.0 Å². The molecule has 6 nitrogen and oxygen atoms in total. The Morgan fingerprint density at radius 1 is 1.12 bits per heavy atom. The number of benzene rings is 1. The van der Waals surface area contributed by atoms with Crippen LogP contribution in [0.25, 0.3) is 0 Å². The summed E-state index contributed by atoms with van der Waals surface area (Å²) in [6, 6.07) is 11.7. The van der Waals surface area contributed by atoms with Crippen molar-refractivity contribution in [1.29, 1.82) is 0 Å². The number of nitrogens with zero attached hydrogens (tertiary/aromatic N) is 2. The Bertz CT molecular complexity index is 722. The highest BCUT2D eigenvalue weighted by molar-refractivity contribution is 14.0. The number of pyridine rings is 1. The van der Waals surface area contributed by atoms with Crippen LogP contribution in [-0.4, -0.2) is 31.7 Å². The molecule has 0 aliphatic heterocycles. The molecule has 0 spiro atoms. The van der Waals surface area contributed by atoms with Crippen LogP contribution in [0.5, 0.6) is 11.5 Å². The highest BCUT2D eigenvalue weighted by Gasteiger charge is 2.06. The van der Waals surface area contributed by atoms with Crippen molar-refractivity contribution in [2.24, 2.45) is 4.99 Å². The first-order valence-corrected chi connectivity index (χ1v) is 8.32. The van der Waals surface area contributed by atoms with E-state index >= 15 is 0 Å². The number of aromatic nitrogens is 1. The molecule has 0 radical (unpaired) electrons. The van der Waals surface area contributed by atoms with Gasteiger partial charge in [-0.25, -0.2) is 4.99 Å². The molecule has 26 heavy (non-hydrogen) atoms. The largest absolute Gasteiger partial charge is 0.497 e. The van der Waals surface area contributed by atoms with Gasteiger partial charge >= 0.3 is 0 Å². The summed E-state index contributed by atoms with van der Waals surface area (Å²) < 4.78 is 10.6. The Hall–Kier alpha value is -2.03. The molecule has 1 aromatic carbocycles. The highest BCUT2D eigenvalue weighted by Crippen LogP contribution is 2.25. The van der Waals surface area contributed by atoms with Crippen molar-refractivity contribution in [2.45, 2.75) is 26.9 Å². The lowest BCUT2D eigenvalue weighted by molar-refractivity contribution is 0.391. The van der Waals surface area contributed by atoms with Gasteiger partial charge in [-0.15, -0.1) is 24.0 Å². The van der Waals surface area contributed by atoms with E-state index in [-0.39, 0.29) is 24.0 Å². The third kappa shape index (κ3) is 6.70. The number of hydrogen-bond donors (Lipinski definition) is 2. The van der Waals surface area contributed by atoms with Crippen LogP contribution >= 0.6 is 24.0 Å². The Morgan fingerprint density at radius 2 is 1.92 bits per heavy atom. The van der Waals surface area contributed by atoms with Crippen molar-refractivity contribution < 1.29 is 9.47 Å². The number of nitrogens with one attached hydrogen (secondary N) is 2. The van der Waals surface area contributed by atoms with Gasteiger partial charge in [0.25, 0.3) is 0 Å². The predicted octanol–water partition coefficient (Wildman–Crippen LogP) is 3.28. The SMILES string of the molecule is CCNC(=NCc1ccc(OC)cc1OC)NCc1cccc(C)n1.I. The maximum atomic E-state index is 5.42. The van der Waals surface area contributed by atoms with Crippen molar-refractivity contribution in [1.82, 2.24) is 15.6 Å². The first kappa shape index (κ1) is 22.0. The van der Waals surface area contributed by atoms with E-state index in [0.29, 0.717) is 13.1 Å². The molecule has 0 unspecified atom stereocenters. The summed E-state index contributed by atoms with van der Waals surface area (Å²) in [4.78, 5) is 9.12. The minimum atomic E-state index is 0. The number of halogens is 1. The zero-order chi connectivity index (χ0) is 18.1. The van der Waals surface area contributed by atoms with Crippen LogP contribution in [0, 0.1) is 6.92 Å². The number of ether oxygens (including phenoxy) is 2. The topological polar surface area (TPSA) is 67.8 Å². The van der Waals surface area contributed by atoms with Gasteiger partial charge in [0.05, 0.1) is 33.0 Å². The van der Waals surface area contributed by atoms with E-state index in [1.807, 2.05) is 50.2 Å². The molecule has 2 aromatic rings. The molecule has 1 aromatic heterocycles. The molecule has 0 saturated carbocycles. The molecule has 142 valence electrons. The van der Waals surface area contributed by atoms with E-state index in [1.165, 1.54) is 0 Å². The second-order valence-electron chi connectivity index (χ2n) is 5.50. The van der Waals surface area contributed by atoms with E-state index in [4.69, 9.17) is 9.47 Å². The van der Waals surface area contributed by atoms with Gasteiger partial charge in [-0.2, -0.15) is 0 Å². The van der Waals surface area contributed by atoms with E-state index in [1.54, 1.807) is 14.2 Å². The van der Waals surface area contributed by atoms with Crippen molar-refractivity contribution in [3.8, 4) is 11.5 Å². The van der Waals surface area contributed by atoms with E-state index in [9.17, 15) is 0 Å². The van der Waals surface area contributed by atoms with Gasteiger partial charge in [0.15, 0.2) is 5.96 Å². The Balaban J connectivity index is 0.00000338. The fraction of sp³-hybridized carbons (Fsp3) is 0.368. The molecule has 0 atom stereocenters. The lowest BCUT2D eigenvalue weighted by Crippen LogP contribution is -2.37. The fourth-order valence-electron chi connectivity index (χ4n) is 2.36. The molecule has 0 fully saturated rings. The molecule has 0 saturated heterocycles. The molecule has 1 heterocycles. The molecular formula is C19H27IN4O2. The second-order valence-corrected chi connectivity index (χ2v) is 5.50. The summed E-state index contributed by atoms with van der Waals surface area (Å²) >= 11 is 0. The number of rotatable bonds is 7. The van der Waals surface area contributed by atoms with Crippen LogP contribution in [0.15, 0.2) is 41.4 Å². The normalized spacial score (nSPS) is 10.7. The first-order valence-electron chi connectivity index (χ1n) is 8.32. The third-order valence-corrected chi connectivity index (χ3v) is 3.63. The zero-order valence-corrected chi connectivity index (χ0v) is 18.0. The van der Waals surface area contributed by atoms with Gasteiger partial charge in [-0.05, 0) is 38.1 Å². The number of aliphatic imine (C=N–C) groups is 1. The van der Waals surface area contributed by atoms with Crippen LogP contribution < -0.4 is 20.1 Å². The van der Waals surface area contributed by atoms with Gasteiger partial charge in [0, 0.05) is 23.9 Å². The predicted molar refractivity (Wildman–Crippen MR) is 116 cm³/mol. The van der Waals surface area contributed by atoms with Gasteiger partial charge in [0.1, 0.15) is 11.5 Å². The maximum Gasteiger partial charge on any atom is 0.191 e. The van der Waals surface area contributed by atoms with Crippen LogP contribution in [0.2, 0.25) is 0 Å². The summed E-state index contributed by atoms with van der Waals surface area (Å²) in [7, 11) is 3.29. The smallest absolute Gasteiger partial charge is 0.191 e. The van der Waals surface area contributed by atoms with Gasteiger partial charge in [-0.3, -0.25) is 4.98 Å². The zero-order valence-electron chi connectivity index (χ0n) is 15.7. The summed E-state index contributed by atoms with van der Waals surface area (Å²) in [5.74, 6) is 2.27. The fourth-order valence-corrected chi connectivity index (χ4v) is 2.36. The molecule has 2 rings (SSSR count). The molecule has 0 bridgehead atoms. The standard InChI is InChI=1S/C19H26N4O2.HI/c1-5-20-19(22-13-16-8-6-7-14(2)23-16)21-12-15-9-10-17(24-3)11-18(15)25-4;/h6-11H,5,12-13H2,1-4H3,(H2,20,21,22);1H. The quantitative estimate of drug-likeness (QED) is 0.370. The average Bonchev–Trinajstić information content (AvgIpc) is 2.64. The van der Waals surface area contributed by atoms with Gasteiger partial charge in [-0.1, -0.05) is 6.07 Å². The molecule has 7 heteroatoms. The lowest BCUT2D eigenvalue weighted by Gasteiger charge is -2.12. The number of aryl methyl sites for hydroxylation is 1. The van der Waals surface area contributed by atoms with Crippen molar-refractivity contribution in [3.63, 3.8) is 0 Å². The minimum Gasteiger partial charge on any atom is -0.497 e. The van der Waals surface area contributed by atoms with Crippen molar-refractivity contribution in [3.05, 3.63) is 53.3 Å². The van der Waals surface area contributed by atoms with E-state index < -0.39 is 0 Å². The summed E-state index contributed by atoms with van der Waals surface area (Å²) in [5, 5.41) is 6.55. The molecule has 0 aliphatic carbocycles. The molecule has 0 aliphatic rings. The second kappa shape index (κ2) is 11.6. The summed E-state index contributed by atoms with van der Waals surface area (Å²) in [5.41, 5.74) is 2.98. The highest BCUT2D eigenvalue weighted by atomic mass is 127. The van der Waals surface area contributed by atoms with E-state index in [2.05, 4.69) is 20.6 Å². The minimum absolute atomic E-state index is 0. The Labute approximate surface area is 172 Å². The molecule has 0 amide bonds. The maximum absolute atomic E-state index is 5.42. The molecular weight excluding hydrogens is 443 g/mol. The monoisotopic (exact) mass is 470 g/mol. The Kier molecular flexibility index (Phi) is 9.79. The van der Waals surface area contributed by atoms with Gasteiger partial charge < -0.3 is 20.1 Å². The van der Waals surface area contributed by atoms with Crippen LogP contribution in [0.1, 0.15) is 23.9 Å². The lowest BCUT2D eigenvalue weighted by atomic mass is 10.2. The number of methoxy groups -OCH3 is 2. The summed E-state index contributed by atoms with van der Waals surface area (Å²) in [6.07, 6.45) is 0. The third-order valence-electron chi connectivity index (χ3n) is 3.63. The van der Waals surface area contributed by atoms with Crippen LogP contribution in [0.3, 0.4) is 0 Å². The van der Waals surface area contributed by atoms with Crippen molar-refractivity contribution >= 4 is 29.9 Å². The average molecular weight is 470 g/mol. The van der Waals surface area contributed by atoms with Crippen molar-refractivity contribution in [2.75, 3.05) is 20.8 Å². The summed E-state index contributed by atoms with van der Waals surface area (Å²) in [6.45, 7) is 5.93. The van der Waals surface area contributed by atoms with Crippen LogP contribution in [-0.2, 0) is 13.1 Å². The number of guanidine groups is 1. The number of hydrogen-bond acceptors (Lipinski definition) is 4. The van der Waals surface area contributed by atoms with Crippen LogP contribution in [0.4, 0.5) is 0 Å². The first-order chi connectivity index (χ1) is 12.2. The molecule has 2 N–H and O–H groups in total. The Morgan fingerprint density at radius 3 is 2.58 bits per heavy atom. The van der Waals surface area contributed by atoms with Gasteiger partial charge in [0.2, 0.25) is 0 Å².